The summed E-state index contributed by atoms with van der Waals surface area (Å²) in [7, 11) is -4.09. The molecule has 9 nitrogen and oxygen atoms in total. The SMILES string of the molecule is CCCN(CC(C)(C)CNC(=O)OC(C)(C)C)S(=O)(=O)c1ccccc1[N+](=O)[O-]. The number of nitrogens with zero attached hydrogens (tertiary/aromatic N) is 2. The van der Waals surface area contributed by atoms with Crippen LogP contribution in [0.3, 0.4) is 0 Å². The minimum atomic E-state index is -4.09. The van der Waals surface area contributed by atoms with Crippen molar-refractivity contribution >= 4 is 21.8 Å². The third-order valence-corrected chi connectivity index (χ3v) is 5.76. The van der Waals surface area contributed by atoms with E-state index in [2.05, 4.69) is 5.32 Å². The van der Waals surface area contributed by atoms with Crippen LogP contribution in [0.25, 0.3) is 0 Å². The van der Waals surface area contributed by atoms with Gasteiger partial charge in [-0.05, 0) is 38.7 Å². The number of hydrogen-bond acceptors (Lipinski definition) is 6. The van der Waals surface area contributed by atoms with Gasteiger partial charge in [0, 0.05) is 25.7 Å². The van der Waals surface area contributed by atoms with E-state index >= 15 is 0 Å². The third-order valence-electron chi connectivity index (χ3n) is 3.87. The molecule has 1 rings (SSSR count). The predicted molar refractivity (Wildman–Crippen MR) is 110 cm³/mol. The summed E-state index contributed by atoms with van der Waals surface area (Å²) >= 11 is 0. The Kier molecular flexibility index (Phi) is 8.16. The lowest BCUT2D eigenvalue weighted by Gasteiger charge is -2.32. The van der Waals surface area contributed by atoms with Gasteiger partial charge < -0.3 is 10.1 Å². The molecule has 0 unspecified atom stereocenters. The first-order valence-electron chi connectivity index (χ1n) is 9.40. The van der Waals surface area contributed by atoms with Crippen LogP contribution in [0, 0.1) is 15.5 Å². The largest absolute Gasteiger partial charge is 0.444 e. The van der Waals surface area contributed by atoms with Crippen LogP contribution < -0.4 is 5.32 Å². The van der Waals surface area contributed by atoms with E-state index in [-0.39, 0.29) is 24.5 Å². The summed E-state index contributed by atoms with van der Waals surface area (Å²) in [5, 5.41) is 13.9. The molecule has 0 bridgehead atoms. The minimum Gasteiger partial charge on any atom is -0.444 e. The van der Waals surface area contributed by atoms with E-state index in [0.29, 0.717) is 6.42 Å². The summed E-state index contributed by atoms with van der Waals surface area (Å²) in [6.45, 7) is 11.1. The number of alkyl carbamates (subject to hydrolysis) is 1. The van der Waals surface area contributed by atoms with E-state index < -0.39 is 37.7 Å². The van der Waals surface area contributed by atoms with Crippen LogP contribution in [0.15, 0.2) is 29.2 Å². The second kappa shape index (κ2) is 9.53. The smallest absolute Gasteiger partial charge is 0.407 e. The fourth-order valence-corrected chi connectivity index (χ4v) is 4.54. The average molecular weight is 430 g/mol. The molecule has 0 spiro atoms. The quantitative estimate of drug-likeness (QED) is 0.474. The number of amides is 1. The number of carbonyl (C=O) groups excluding carboxylic acids is 1. The molecule has 164 valence electrons. The zero-order valence-electron chi connectivity index (χ0n) is 17.9. The Morgan fingerprint density at radius 3 is 2.31 bits per heavy atom. The van der Waals surface area contributed by atoms with Crippen molar-refractivity contribution in [3.63, 3.8) is 0 Å². The standard InChI is InChI=1S/C19H31N3O6S/c1-7-12-21(14-19(5,6)13-20-17(23)28-18(2,3)4)29(26,27)16-11-9-8-10-15(16)22(24)25/h8-11H,7,12-14H2,1-6H3,(H,20,23). The van der Waals surface area contributed by atoms with Gasteiger partial charge in [0.1, 0.15) is 5.60 Å². The number of hydrogen-bond donors (Lipinski definition) is 1. The Hall–Kier alpha value is -2.20. The predicted octanol–water partition coefficient (Wildman–Crippen LogP) is 3.55. The molecule has 1 aromatic rings. The topological polar surface area (TPSA) is 119 Å². The van der Waals surface area contributed by atoms with Gasteiger partial charge in [-0.2, -0.15) is 4.31 Å². The molecule has 10 heteroatoms. The fourth-order valence-electron chi connectivity index (χ4n) is 2.66. The van der Waals surface area contributed by atoms with Crippen LogP contribution in [0.1, 0.15) is 48.0 Å². The second-order valence-corrected chi connectivity index (χ2v) is 10.5. The molecule has 0 fully saturated rings. The van der Waals surface area contributed by atoms with Crippen LogP contribution in [-0.2, 0) is 14.8 Å². The van der Waals surface area contributed by atoms with Gasteiger partial charge >= 0.3 is 6.09 Å². The van der Waals surface area contributed by atoms with Gasteiger partial charge in [-0.1, -0.05) is 32.9 Å². The zero-order valence-corrected chi connectivity index (χ0v) is 18.7. The first-order chi connectivity index (χ1) is 13.2. The van der Waals surface area contributed by atoms with Crippen molar-refractivity contribution in [2.24, 2.45) is 5.41 Å². The summed E-state index contributed by atoms with van der Waals surface area (Å²) in [6.07, 6.45) is -0.0516. The Bertz CT molecular complexity index is 831. The van der Waals surface area contributed by atoms with Crippen LogP contribution in [0.2, 0.25) is 0 Å². The van der Waals surface area contributed by atoms with Gasteiger partial charge in [0.2, 0.25) is 10.0 Å². The fraction of sp³-hybridized carbons (Fsp3) is 0.632. The summed E-state index contributed by atoms with van der Waals surface area (Å²) in [4.78, 5) is 22.2. The molecule has 0 aliphatic carbocycles. The van der Waals surface area contributed by atoms with Crippen molar-refractivity contribution in [2.45, 2.75) is 58.5 Å². The number of nitrogens with one attached hydrogen (secondary N) is 1. The van der Waals surface area contributed by atoms with E-state index in [0.717, 1.165) is 0 Å². The molecule has 0 aliphatic heterocycles. The number of benzene rings is 1. The Morgan fingerprint density at radius 1 is 1.21 bits per heavy atom. The average Bonchev–Trinajstić information content (AvgIpc) is 2.58. The summed E-state index contributed by atoms with van der Waals surface area (Å²) in [5.41, 5.74) is -1.74. The molecule has 0 aliphatic rings. The van der Waals surface area contributed by atoms with Crippen molar-refractivity contribution < 1.29 is 22.9 Å². The van der Waals surface area contributed by atoms with Crippen LogP contribution in [-0.4, -0.2) is 49.0 Å². The molecule has 0 atom stereocenters. The number of rotatable bonds is 9. The molecule has 1 amide bonds. The number of sulfonamides is 1. The van der Waals surface area contributed by atoms with Gasteiger partial charge in [-0.25, -0.2) is 13.2 Å². The first kappa shape index (κ1) is 24.8. The molecule has 0 heterocycles. The van der Waals surface area contributed by atoms with E-state index in [1.807, 2.05) is 20.8 Å². The van der Waals surface area contributed by atoms with Crippen LogP contribution >= 0.6 is 0 Å². The van der Waals surface area contributed by atoms with Gasteiger partial charge in [0.25, 0.3) is 5.69 Å². The molecular weight excluding hydrogens is 398 g/mol. The highest BCUT2D eigenvalue weighted by Crippen LogP contribution is 2.29. The maximum atomic E-state index is 13.2. The number of carbonyl (C=O) groups is 1. The number of nitro benzene ring substituents is 1. The molecule has 1 aromatic carbocycles. The highest BCUT2D eigenvalue weighted by molar-refractivity contribution is 7.89. The lowest BCUT2D eigenvalue weighted by atomic mass is 9.93. The number of ether oxygens (including phenoxy) is 1. The van der Waals surface area contributed by atoms with E-state index in [4.69, 9.17) is 4.74 Å². The maximum Gasteiger partial charge on any atom is 0.407 e. The lowest BCUT2D eigenvalue weighted by molar-refractivity contribution is -0.387. The Balaban J connectivity index is 3.05. The maximum absolute atomic E-state index is 13.2. The van der Waals surface area contributed by atoms with Crippen LogP contribution in [0.4, 0.5) is 10.5 Å². The zero-order chi connectivity index (χ0) is 22.5. The second-order valence-electron chi connectivity index (χ2n) is 8.58. The van der Waals surface area contributed by atoms with Gasteiger partial charge in [-0.3, -0.25) is 10.1 Å². The van der Waals surface area contributed by atoms with Crippen molar-refractivity contribution in [3.8, 4) is 0 Å². The summed E-state index contributed by atoms with van der Waals surface area (Å²) in [5.74, 6) is 0. The van der Waals surface area contributed by atoms with E-state index in [1.54, 1.807) is 20.8 Å². The lowest BCUT2D eigenvalue weighted by Crippen LogP contribution is -2.45. The number of nitro groups is 1. The van der Waals surface area contributed by atoms with Crippen molar-refractivity contribution in [2.75, 3.05) is 19.6 Å². The molecule has 29 heavy (non-hydrogen) atoms. The Morgan fingerprint density at radius 2 is 1.79 bits per heavy atom. The molecule has 0 radical (unpaired) electrons. The van der Waals surface area contributed by atoms with Crippen molar-refractivity contribution in [1.29, 1.82) is 0 Å². The highest BCUT2D eigenvalue weighted by Gasteiger charge is 2.34. The molecular formula is C19H31N3O6S. The number of para-hydroxylation sites is 1. The normalized spacial score (nSPS) is 12.7. The van der Waals surface area contributed by atoms with Gasteiger partial charge in [-0.15, -0.1) is 0 Å². The molecule has 0 saturated heterocycles. The first-order valence-corrected chi connectivity index (χ1v) is 10.8. The minimum absolute atomic E-state index is 0.0744. The monoisotopic (exact) mass is 429 g/mol. The Labute approximate surface area is 172 Å². The van der Waals surface area contributed by atoms with Crippen molar-refractivity contribution in [3.05, 3.63) is 34.4 Å². The molecule has 0 saturated carbocycles. The van der Waals surface area contributed by atoms with Crippen molar-refractivity contribution in [1.82, 2.24) is 9.62 Å². The molecule has 1 N–H and O–H groups in total. The summed E-state index contributed by atoms with van der Waals surface area (Å²) in [6, 6.07) is 5.30. The van der Waals surface area contributed by atoms with E-state index in [1.165, 1.54) is 28.6 Å². The van der Waals surface area contributed by atoms with Gasteiger partial charge in [0.15, 0.2) is 4.90 Å². The molecule has 0 aromatic heterocycles. The van der Waals surface area contributed by atoms with Crippen LogP contribution in [0.5, 0.6) is 0 Å². The summed E-state index contributed by atoms with van der Waals surface area (Å²) < 4.78 is 32.8. The van der Waals surface area contributed by atoms with Gasteiger partial charge in [0.05, 0.1) is 4.92 Å². The van der Waals surface area contributed by atoms with E-state index in [9.17, 15) is 23.3 Å². The highest BCUT2D eigenvalue weighted by atomic mass is 32.2. The third kappa shape index (κ3) is 7.62.